The van der Waals surface area contributed by atoms with Crippen molar-refractivity contribution in [1.29, 1.82) is 10.5 Å². The molecule has 0 spiro atoms. The van der Waals surface area contributed by atoms with Crippen molar-refractivity contribution >= 4 is 34.7 Å². The highest BCUT2D eigenvalue weighted by Gasteiger charge is 2.32. The van der Waals surface area contributed by atoms with E-state index in [9.17, 15) is 20.1 Å². The number of urea groups is 2. The summed E-state index contributed by atoms with van der Waals surface area (Å²) in [5.41, 5.74) is 9.61. The van der Waals surface area contributed by atoms with Crippen molar-refractivity contribution in [2.45, 2.75) is 117 Å². The SMILES string of the molecule is CC(C)Oc1ccc(-c2nnc(-c3cccc4c3CC[C@H]4NC(=O)N3CCC[C@H](C)C3)s2)cc1C#N.CC1CCN(C(=O)N[C@@H]2CCc3c(-c4nnc(-c5ccc(OC(C)C)c(C#N)c5)s4)cccc32)CC1. The van der Waals surface area contributed by atoms with Crippen LogP contribution in [0.5, 0.6) is 11.5 Å². The molecule has 14 nitrogen and oxygen atoms in total. The number of carbonyl (C=O) groups excluding carboxylic acids is 2. The average molecular weight is 1000 g/mol. The second-order valence-electron chi connectivity index (χ2n) is 20.0. The van der Waals surface area contributed by atoms with Gasteiger partial charge in [0, 0.05) is 48.4 Å². The predicted molar refractivity (Wildman–Crippen MR) is 282 cm³/mol. The van der Waals surface area contributed by atoms with Crippen LogP contribution in [0.15, 0.2) is 72.8 Å². The molecule has 4 aromatic carbocycles. The Balaban J connectivity index is 0.000000178. The summed E-state index contributed by atoms with van der Waals surface area (Å²) < 4.78 is 11.5. The Labute approximate surface area is 430 Å². The van der Waals surface area contributed by atoms with Crippen LogP contribution in [0.2, 0.25) is 0 Å². The van der Waals surface area contributed by atoms with Gasteiger partial charge in [-0.2, -0.15) is 10.5 Å². The lowest BCUT2D eigenvalue weighted by Gasteiger charge is -2.32. The first-order valence-corrected chi connectivity index (χ1v) is 26.9. The Morgan fingerprint density at radius 1 is 0.611 bits per heavy atom. The van der Waals surface area contributed by atoms with Crippen molar-refractivity contribution in [3.05, 3.63) is 106 Å². The largest absolute Gasteiger partial charge is 0.490 e. The molecule has 0 unspecified atom stereocenters. The van der Waals surface area contributed by atoms with Gasteiger partial charge >= 0.3 is 12.1 Å². The molecule has 0 saturated carbocycles. The molecule has 72 heavy (non-hydrogen) atoms. The van der Waals surface area contributed by atoms with Crippen molar-refractivity contribution < 1.29 is 19.1 Å². The normalized spacial score (nSPS) is 18.4. The van der Waals surface area contributed by atoms with Crippen LogP contribution >= 0.6 is 22.7 Å². The molecule has 16 heteroatoms. The van der Waals surface area contributed by atoms with E-state index < -0.39 is 0 Å². The van der Waals surface area contributed by atoms with Crippen LogP contribution in [0, 0.1) is 34.5 Å². The first kappa shape index (κ1) is 50.1. The van der Waals surface area contributed by atoms with Crippen LogP contribution in [0.4, 0.5) is 9.59 Å². The van der Waals surface area contributed by atoms with Crippen LogP contribution in [0.1, 0.15) is 126 Å². The van der Waals surface area contributed by atoms with Crippen LogP contribution in [-0.4, -0.2) is 80.6 Å². The van der Waals surface area contributed by atoms with Crippen LogP contribution in [0.25, 0.3) is 42.3 Å². The van der Waals surface area contributed by atoms with Gasteiger partial charge in [-0.3, -0.25) is 0 Å². The van der Waals surface area contributed by atoms with Crippen molar-refractivity contribution in [3.63, 3.8) is 0 Å². The average Bonchev–Trinajstić information content (AvgIpc) is 4.22. The minimum absolute atomic E-state index is 0.00609. The van der Waals surface area contributed by atoms with Crippen molar-refractivity contribution in [2.24, 2.45) is 11.8 Å². The number of rotatable bonds is 10. The van der Waals surface area contributed by atoms with Crippen molar-refractivity contribution in [2.75, 3.05) is 26.2 Å². The van der Waals surface area contributed by atoms with Crippen LogP contribution in [0.3, 0.4) is 0 Å². The topological polar surface area (TPSA) is 182 Å². The van der Waals surface area contributed by atoms with E-state index in [4.69, 9.17) is 9.47 Å². The number of hydrogen-bond donors (Lipinski definition) is 2. The molecule has 2 aromatic heterocycles. The number of fused-ring (bicyclic) bond motifs is 2. The van der Waals surface area contributed by atoms with Gasteiger partial charge in [0.25, 0.3) is 0 Å². The van der Waals surface area contributed by atoms with Crippen molar-refractivity contribution in [3.8, 4) is 65.9 Å². The third-order valence-corrected chi connectivity index (χ3v) is 15.9. The molecule has 0 bridgehead atoms. The number of ether oxygens (including phenoxy) is 2. The first-order chi connectivity index (χ1) is 34.8. The molecule has 3 atom stereocenters. The number of carbonyl (C=O) groups is 2. The molecule has 4 aliphatic rings. The Morgan fingerprint density at radius 3 is 1.54 bits per heavy atom. The highest BCUT2D eigenvalue weighted by Crippen LogP contribution is 2.42. The lowest BCUT2D eigenvalue weighted by molar-refractivity contribution is 0.166. The summed E-state index contributed by atoms with van der Waals surface area (Å²) in [5.74, 6) is 2.41. The zero-order valence-corrected chi connectivity index (χ0v) is 43.5. The predicted octanol–water partition coefficient (Wildman–Crippen LogP) is 11.9. The minimum Gasteiger partial charge on any atom is -0.490 e. The fourth-order valence-electron chi connectivity index (χ4n) is 10.2. The second-order valence-corrected chi connectivity index (χ2v) is 21.9. The second kappa shape index (κ2) is 22.3. The standard InChI is InChI=1S/2C28H31N5O2S/c1-17(2)35-25-12-9-19(14-20(25)15-29)26-31-32-27(36-26)23-8-4-7-22-21(23)10-11-24(22)30-28(34)33-13-5-6-18(3)16-33;1-17(2)35-25-10-7-19(15-20(25)16-29)26-31-32-27(36-26)23-6-4-5-22-21(23)8-9-24(22)30-28(34)33-13-11-18(3)12-14-33/h4,7-9,12,14,17-18,24H,5-6,10-11,13,16H2,1-3H3,(H,30,34);4-7,10,15,17-18,24H,8-9,11-14H2,1-3H3,(H,30,34)/t18-,24+;24-/m01/s1. The van der Waals surface area contributed by atoms with Gasteiger partial charge in [-0.15, -0.1) is 20.4 Å². The fraction of sp³-hybridized carbons (Fsp3) is 0.429. The Bertz CT molecular complexity index is 3020. The molecular weight excluding hydrogens is 941 g/mol. The van der Waals surface area contributed by atoms with Gasteiger partial charge in [-0.25, -0.2) is 9.59 Å². The number of nitrogens with zero attached hydrogens (tertiary/aromatic N) is 8. The van der Waals surface area contributed by atoms with E-state index in [2.05, 4.69) is 81.3 Å². The molecule has 10 rings (SSSR count). The summed E-state index contributed by atoms with van der Waals surface area (Å²) in [6.45, 7) is 15.5. The quantitative estimate of drug-likeness (QED) is 0.134. The van der Waals surface area contributed by atoms with E-state index in [-0.39, 0.29) is 36.4 Å². The molecule has 4 amide bonds. The van der Waals surface area contributed by atoms with Crippen LogP contribution < -0.4 is 20.1 Å². The maximum absolute atomic E-state index is 12.9. The monoisotopic (exact) mass is 1000 g/mol. The first-order valence-electron chi connectivity index (χ1n) is 25.3. The van der Waals surface area contributed by atoms with Gasteiger partial charge in [0.1, 0.15) is 43.7 Å². The molecule has 2 aliphatic carbocycles. The lowest BCUT2D eigenvalue weighted by Crippen LogP contribution is -2.45. The Morgan fingerprint density at radius 2 is 1.08 bits per heavy atom. The van der Waals surface area contributed by atoms with E-state index in [0.29, 0.717) is 34.5 Å². The van der Waals surface area contributed by atoms with Gasteiger partial charge < -0.3 is 29.9 Å². The molecule has 2 N–H and O–H groups in total. The molecule has 0 radical (unpaired) electrons. The fourth-order valence-corrected chi connectivity index (χ4v) is 12.0. The summed E-state index contributed by atoms with van der Waals surface area (Å²) in [4.78, 5) is 29.7. The summed E-state index contributed by atoms with van der Waals surface area (Å²) in [7, 11) is 0. The zero-order chi connectivity index (χ0) is 50.5. The van der Waals surface area contributed by atoms with Crippen LogP contribution in [-0.2, 0) is 12.8 Å². The number of aromatic nitrogens is 4. The highest BCUT2D eigenvalue weighted by atomic mass is 32.1. The molecule has 372 valence electrons. The number of piperidine rings is 2. The smallest absolute Gasteiger partial charge is 0.317 e. The summed E-state index contributed by atoms with van der Waals surface area (Å²) >= 11 is 3.03. The number of amides is 4. The van der Waals surface area contributed by atoms with E-state index in [0.717, 1.165) is 113 Å². The Hall–Kier alpha value is -6.88. The molecule has 2 aliphatic heterocycles. The number of nitrogens with one attached hydrogen (secondary N) is 2. The van der Waals surface area contributed by atoms with E-state index >= 15 is 0 Å². The van der Waals surface area contributed by atoms with Crippen molar-refractivity contribution in [1.82, 2.24) is 40.8 Å². The summed E-state index contributed by atoms with van der Waals surface area (Å²) in [6, 6.07) is 28.2. The highest BCUT2D eigenvalue weighted by molar-refractivity contribution is 7.18. The molecule has 2 fully saturated rings. The number of likely N-dealkylation sites (tertiary alicyclic amines) is 2. The third kappa shape index (κ3) is 11.3. The zero-order valence-electron chi connectivity index (χ0n) is 41.9. The molecule has 4 heterocycles. The van der Waals surface area contributed by atoms with Gasteiger partial charge in [0.15, 0.2) is 0 Å². The lowest BCUT2D eigenvalue weighted by atomic mass is 9.99. The van der Waals surface area contributed by atoms with E-state index in [1.165, 1.54) is 51.3 Å². The maximum atomic E-state index is 12.9. The maximum Gasteiger partial charge on any atom is 0.317 e. The number of hydrogen-bond acceptors (Lipinski definition) is 12. The van der Waals surface area contributed by atoms with Gasteiger partial charge in [-0.1, -0.05) is 72.9 Å². The summed E-state index contributed by atoms with van der Waals surface area (Å²) in [6.07, 6.45) is 7.95. The molecule has 2 saturated heterocycles. The molecule has 6 aromatic rings. The minimum atomic E-state index is -0.00622. The van der Waals surface area contributed by atoms with Gasteiger partial charge in [0.05, 0.1) is 35.4 Å². The summed E-state index contributed by atoms with van der Waals surface area (Å²) in [5, 5.41) is 46.8. The van der Waals surface area contributed by atoms with E-state index in [1.54, 1.807) is 0 Å². The van der Waals surface area contributed by atoms with Gasteiger partial charge in [-0.05, 0) is 150 Å². The number of nitriles is 2. The third-order valence-electron chi connectivity index (χ3n) is 13.9. The van der Waals surface area contributed by atoms with Gasteiger partial charge in [0.2, 0.25) is 0 Å². The van der Waals surface area contributed by atoms with E-state index in [1.807, 2.05) is 86.0 Å². The number of benzene rings is 4. The molecular formula is C56H62N10O4S2. The Kier molecular flexibility index (Phi) is 15.5.